The zero-order valence-electron chi connectivity index (χ0n) is 11.1. The topological polar surface area (TPSA) is 20.3 Å². The van der Waals surface area contributed by atoms with Crippen LogP contribution in [0.2, 0.25) is 0 Å². The lowest BCUT2D eigenvalue weighted by molar-refractivity contribution is -0.129. The summed E-state index contributed by atoms with van der Waals surface area (Å²) in [6.45, 7) is 2.97. The van der Waals surface area contributed by atoms with Crippen molar-refractivity contribution in [1.82, 2.24) is 4.90 Å². The highest BCUT2D eigenvalue weighted by atomic mass is 16.2. The van der Waals surface area contributed by atoms with Crippen LogP contribution >= 0.6 is 0 Å². The Kier molecular flexibility index (Phi) is 4.20. The molecule has 0 heterocycles. The quantitative estimate of drug-likeness (QED) is 0.765. The second-order valence-corrected chi connectivity index (χ2v) is 4.47. The first-order valence-electron chi connectivity index (χ1n) is 6.43. The van der Waals surface area contributed by atoms with Gasteiger partial charge in [0.2, 0.25) is 5.91 Å². The molecule has 2 aromatic carbocycles. The second kappa shape index (κ2) is 6.06. The van der Waals surface area contributed by atoms with E-state index in [2.05, 4.69) is 30.2 Å². The van der Waals surface area contributed by atoms with E-state index in [1.807, 2.05) is 25.1 Å². The third-order valence-corrected chi connectivity index (χ3v) is 3.19. The molecule has 0 radical (unpaired) electrons. The third kappa shape index (κ3) is 3.14. The van der Waals surface area contributed by atoms with Crippen LogP contribution in [0.1, 0.15) is 12.5 Å². The predicted molar refractivity (Wildman–Crippen MR) is 78.7 cm³/mol. The predicted octanol–water partition coefficient (Wildman–Crippen LogP) is 2.86. The molecule has 0 atom stereocenters. The molecule has 1 amide bonds. The first-order chi connectivity index (χ1) is 9.24. The summed E-state index contributed by atoms with van der Waals surface area (Å²) in [4.78, 5) is 13.8. The summed E-state index contributed by atoms with van der Waals surface area (Å²) in [6.07, 6.45) is 5.67. The Labute approximate surface area is 114 Å². The highest BCUT2D eigenvalue weighted by Crippen LogP contribution is 2.16. The summed E-state index contributed by atoms with van der Waals surface area (Å²) >= 11 is 0. The van der Waals surface area contributed by atoms with Crippen molar-refractivity contribution in [3.8, 4) is 12.3 Å². The number of fused-ring (bicyclic) bond motifs is 1. The van der Waals surface area contributed by atoms with Crippen LogP contribution < -0.4 is 0 Å². The summed E-state index contributed by atoms with van der Waals surface area (Å²) < 4.78 is 0. The largest absolute Gasteiger partial charge is 0.332 e. The minimum Gasteiger partial charge on any atom is -0.332 e. The van der Waals surface area contributed by atoms with E-state index in [0.29, 0.717) is 19.5 Å². The average molecular weight is 251 g/mol. The maximum Gasteiger partial charge on any atom is 0.227 e. The summed E-state index contributed by atoms with van der Waals surface area (Å²) in [5.41, 5.74) is 1.03. The molecule has 2 heteroatoms. The number of carbonyl (C=O) groups excluding carboxylic acids is 1. The minimum atomic E-state index is 0.0794. The van der Waals surface area contributed by atoms with Gasteiger partial charge in [-0.2, -0.15) is 0 Å². The van der Waals surface area contributed by atoms with Crippen LogP contribution in [0.5, 0.6) is 0 Å². The van der Waals surface area contributed by atoms with E-state index in [-0.39, 0.29) is 5.91 Å². The fraction of sp³-hybridized carbons (Fsp3) is 0.235. The molecule has 0 aromatic heterocycles. The molecule has 96 valence electrons. The molecule has 19 heavy (non-hydrogen) atoms. The highest BCUT2D eigenvalue weighted by Gasteiger charge is 2.11. The smallest absolute Gasteiger partial charge is 0.227 e. The van der Waals surface area contributed by atoms with Gasteiger partial charge in [-0.3, -0.25) is 4.79 Å². The Bertz CT molecular complexity index is 624. The third-order valence-electron chi connectivity index (χ3n) is 3.19. The number of hydrogen-bond acceptors (Lipinski definition) is 1. The van der Waals surface area contributed by atoms with E-state index in [4.69, 9.17) is 6.42 Å². The molecule has 0 spiro atoms. The number of nitrogens with zero attached hydrogens (tertiary/aromatic N) is 1. The average Bonchev–Trinajstić information content (AvgIpc) is 2.44. The fourth-order valence-electron chi connectivity index (χ4n) is 2.12. The van der Waals surface area contributed by atoms with Crippen LogP contribution in [0, 0.1) is 12.3 Å². The number of carbonyl (C=O) groups is 1. The zero-order valence-corrected chi connectivity index (χ0v) is 11.1. The Hall–Kier alpha value is -2.27. The van der Waals surface area contributed by atoms with Crippen molar-refractivity contribution < 1.29 is 4.79 Å². The molecule has 0 N–H and O–H groups in total. The summed E-state index contributed by atoms with van der Waals surface area (Å²) in [7, 11) is 0. The van der Waals surface area contributed by atoms with Gasteiger partial charge in [-0.05, 0) is 23.3 Å². The van der Waals surface area contributed by atoms with E-state index in [0.717, 1.165) is 10.9 Å². The van der Waals surface area contributed by atoms with Gasteiger partial charge in [0, 0.05) is 6.54 Å². The van der Waals surface area contributed by atoms with Gasteiger partial charge in [-0.15, -0.1) is 6.42 Å². The fourth-order valence-corrected chi connectivity index (χ4v) is 2.12. The Morgan fingerprint density at radius 1 is 1.21 bits per heavy atom. The molecule has 0 unspecified atom stereocenters. The lowest BCUT2D eigenvalue weighted by atomic mass is 10.0. The van der Waals surface area contributed by atoms with Crippen molar-refractivity contribution in [3.05, 3.63) is 48.0 Å². The first kappa shape index (κ1) is 13.2. The zero-order chi connectivity index (χ0) is 13.7. The van der Waals surface area contributed by atoms with Gasteiger partial charge in [0.25, 0.3) is 0 Å². The van der Waals surface area contributed by atoms with Gasteiger partial charge in [-0.1, -0.05) is 48.4 Å². The molecular formula is C17H17NO. The standard InChI is InChI=1S/C17H17NO/c1-3-11-18(4-2)17(19)13-14-9-10-15-7-5-6-8-16(15)12-14/h1,5-10,12H,4,11,13H2,2H3. The van der Waals surface area contributed by atoms with Crippen LogP contribution in [0.25, 0.3) is 10.8 Å². The van der Waals surface area contributed by atoms with Crippen molar-refractivity contribution >= 4 is 16.7 Å². The van der Waals surface area contributed by atoms with Crippen molar-refractivity contribution in [2.75, 3.05) is 13.1 Å². The number of hydrogen-bond donors (Lipinski definition) is 0. The van der Waals surface area contributed by atoms with E-state index in [1.54, 1.807) is 4.90 Å². The van der Waals surface area contributed by atoms with E-state index in [1.165, 1.54) is 5.39 Å². The van der Waals surface area contributed by atoms with Crippen LogP contribution in [0.15, 0.2) is 42.5 Å². The van der Waals surface area contributed by atoms with E-state index < -0.39 is 0 Å². The second-order valence-electron chi connectivity index (χ2n) is 4.47. The van der Waals surface area contributed by atoms with Crippen LogP contribution in [0.3, 0.4) is 0 Å². The van der Waals surface area contributed by atoms with Gasteiger partial charge >= 0.3 is 0 Å². The van der Waals surface area contributed by atoms with Gasteiger partial charge in [0.15, 0.2) is 0 Å². The van der Waals surface area contributed by atoms with Crippen molar-refractivity contribution in [2.45, 2.75) is 13.3 Å². The van der Waals surface area contributed by atoms with Crippen molar-refractivity contribution in [3.63, 3.8) is 0 Å². The molecule has 0 aliphatic carbocycles. The van der Waals surface area contributed by atoms with Crippen molar-refractivity contribution in [2.24, 2.45) is 0 Å². The SMILES string of the molecule is C#CCN(CC)C(=O)Cc1ccc2ccccc2c1. The summed E-state index contributed by atoms with van der Waals surface area (Å²) in [5, 5.41) is 2.35. The van der Waals surface area contributed by atoms with Gasteiger partial charge in [-0.25, -0.2) is 0 Å². The lowest BCUT2D eigenvalue weighted by Gasteiger charge is -2.18. The molecule has 2 rings (SSSR count). The molecule has 0 saturated carbocycles. The molecule has 0 aliphatic heterocycles. The highest BCUT2D eigenvalue weighted by molar-refractivity contribution is 5.85. The monoisotopic (exact) mass is 251 g/mol. The van der Waals surface area contributed by atoms with Gasteiger partial charge in [0.05, 0.1) is 13.0 Å². The maximum absolute atomic E-state index is 12.1. The molecule has 0 bridgehead atoms. The number of terminal acetylenes is 1. The normalized spacial score (nSPS) is 10.1. The Balaban J connectivity index is 2.17. The molecule has 2 nitrogen and oxygen atoms in total. The summed E-state index contributed by atoms with van der Waals surface area (Å²) in [6, 6.07) is 14.3. The molecule has 0 aliphatic rings. The first-order valence-corrected chi connectivity index (χ1v) is 6.43. The maximum atomic E-state index is 12.1. The number of amides is 1. The Morgan fingerprint density at radius 3 is 2.63 bits per heavy atom. The number of rotatable bonds is 4. The molecule has 0 fully saturated rings. The van der Waals surface area contributed by atoms with E-state index in [9.17, 15) is 4.79 Å². The van der Waals surface area contributed by atoms with Crippen molar-refractivity contribution in [1.29, 1.82) is 0 Å². The molecule has 0 saturated heterocycles. The van der Waals surface area contributed by atoms with Gasteiger partial charge in [0.1, 0.15) is 0 Å². The van der Waals surface area contributed by atoms with Gasteiger partial charge < -0.3 is 4.90 Å². The molecular weight excluding hydrogens is 234 g/mol. The number of benzene rings is 2. The summed E-state index contributed by atoms with van der Waals surface area (Å²) in [5.74, 6) is 2.60. The minimum absolute atomic E-state index is 0.0794. The lowest BCUT2D eigenvalue weighted by Crippen LogP contribution is -2.32. The Morgan fingerprint density at radius 2 is 1.95 bits per heavy atom. The van der Waals surface area contributed by atoms with Crippen LogP contribution in [0.4, 0.5) is 0 Å². The van der Waals surface area contributed by atoms with Crippen LogP contribution in [-0.2, 0) is 11.2 Å². The number of likely N-dealkylation sites (N-methyl/N-ethyl adjacent to an activating group) is 1. The molecule has 2 aromatic rings. The van der Waals surface area contributed by atoms with Crippen LogP contribution in [-0.4, -0.2) is 23.9 Å². The van der Waals surface area contributed by atoms with E-state index >= 15 is 0 Å².